The molecule has 120 valence electrons. The maximum absolute atomic E-state index is 12.4. The molecule has 2 aromatic rings. The molecule has 2 heterocycles. The van der Waals surface area contributed by atoms with Gasteiger partial charge in [-0.05, 0) is 30.0 Å². The van der Waals surface area contributed by atoms with Crippen LogP contribution in [0.4, 0.5) is 5.69 Å². The zero-order valence-electron chi connectivity index (χ0n) is 13.7. The van der Waals surface area contributed by atoms with E-state index in [0.717, 1.165) is 24.7 Å². The lowest BCUT2D eigenvalue weighted by molar-refractivity contribution is -0.123. The van der Waals surface area contributed by atoms with Crippen molar-refractivity contribution in [3.63, 3.8) is 0 Å². The molecule has 1 aromatic heterocycles. The Kier molecular flexibility index (Phi) is 5.08. The molecular formula is C17H25N3O2. The van der Waals surface area contributed by atoms with Crippen molar-refractivity contribution in [2.45, 2.75) is 26.3 Å². The van der Waals surface area contributed by atoms with E-state index < -0.39 is 0 Å². The molecule has 0 saturated carbocycles. The van der Waals surface area contributed by atoms with Crippen molar-refractivity contribution in [3.8, 4) is 0 Å². The Morgan fingerprint density at radius 1 is 1.32 bits per heavy atom. The highest BCUT2D eigenvalue weighted by Crippen LogP contribution is 2.32. The minimum absolute atomic E-state index is 0.119. The van der Waals surface area contributed by atoms with Crippen LogP contribution < -0.4 is 10.2 Å². The number of hydrogen-bond donors (Lipinski definition) is 3. The summed E-state index contributed by atoms with van der Waals surface area (Å²) in [7, 11) is 3.02. The van der Waals surface area contributed by atoms with Gasteiger partial charge in [-0.1, -0.05) is 19.9 Å². The van der Waals surface area contributed by atoms with E-state index in [-0.39, 0.29) is 17.9 Å². The Labute approximate surface area is 131 Å². The van der Waals surface area contributed by atoms with E-state index >= 15 is 0 Å². The van der Waals surface area contributed by atoms with Gasteiger partial charge in [-0.15, -0.1) is 0 Å². The van der Waals surface area contributed by atoms with Gasteiger partial charge in [-0.25, -0.2) is 0 Å². The van der Waals surface area contributed by atoms with Gasteiger partial charge in [0, 0.05) is 43.5 Å². The Bertz CT molecular complexity index is 648. The summed E-state index contributed by atoms with van der Waals surface area (Å²) in [6, 6.07) is 6.10. The van der Waals surface area contributed by atoms with E-state index in [1.54, 1.807) is 0 Å². The van der Waals surface area contributed by atoms with Gasteiger partial charge in [0.05, 0.1) is 0 Å². The fraction of sp³-hybridized carbons (Fsp3) is 0.471. The lowest BCUT2D eigenvalue weighted by atomic mass is 10.0. The maximum Gasteiger partial charge on any atom is 0.242 e. The third kappa shape index (κ3) is 2.81. The topological polar surface area (TPSA) is 68.4 Å². The standard InChI is InChI=1S/C16H21N3O.CH4O/c1-10(2)15-16(20)17-8-7-11-9-18-12-5-4-6-13(14(11)12)19(15)3;1-2/h4-6,9-10,15,18H,7-8H2,1-3H3,(H,17,20);2H,1H3. The van der Waals surface area contributed by atoms with Gasteiger partial charge < -0.3 is 20.3 Å². The highest BCUT2D eigenvalue weighted by molar-refractivity contribution is 5.98. The first-order chi connectivity index (χ1) is 10.6. The molecular weight excluding hydrogens is 278 g/mol. The first kappa shape index (κ1) is 16.4. The summed E-state index contributed by atoms with van der Waals surface area (Å²) in [5.74, 6) is 0.379. The van der Waals surface area contributed by atoms with Crippen molar-refractivity contribution in [2.24, 2.45) is 5.92 Å². The van der Waals surface area contributed by atoms with Crippen molar-refractivity contribution in [3.05, 3.63) is 30.0 Å². The Hall–Kier alpha value is -2.01. The zero-order chi connectivity index (χ0) is 16.3. The molecule has 0 aliphatic carbocycles. The van der Waals surface area contributed by atoms with Crippen LogP contribution in [0.5, 0.6) is 0 Å². The number of hydrogen-bond acceptors (Lipinski definition) is 3. The normalized spacial score (nSPS) is 18.2. The molecule has 3 N–H and O–H groups in total. The van der Waals surface area contributed by atoms with Crippen LogP contribution in [-0.4, -0.2) is 42.7 Å². The van der Waals surface area contributed by atoms with Crippen LogP contribution in [0.25, 0.3) is 10.9 Å². The molecule has 3 rings (SSSR count). The smallest absolute Gasteiger partial charge is 0.242 e. The van der Waals surface area contributed by atoms with Crippen LogP contribution >= 0.6 is 0 Å². The molecule has 1 aliphatic rings. The fourth-order valence-corrected chi connectivity index (χ4v) is 3.23. The number of anilines is 1. The van der Waals surface area contributed by atoms with Crippen LogP contribution in [-0.2, 0) is 11.2 Å². The van der Waals surface area contributed by atoms with Crippen molar-refractivity contribution >= 4 is 22.5 Å². The number of carbonyl (C=O) groups excluding carboxylic acids is 1. The number of nitrogens with one attached hydrogen (secondary N) is 2. The average Bonchev–Trinajstić information content (AvgIpc) is 2.93. The number of carbonyl (C=O) groups is 1. The fourth-order valence-electron chi connectivity index (χ4n) is 3.23. The number of amides is 1. The number of aromatic nitrogens is 1. The van der Waals surface area contributed by atoms with E-state index in [1.165, 1.54) is 10.9 Å². The molecule has 22 heavy (non-hydrogen) atoms. The van der Waals surface area contributed by atoms with Gasteiger partial charge >= 0.3 is 0 Å². The van der Waals surface area contributed by atoms with Gasteiger partial charge in [0.2, 0.25) is 5.91 Å². The zero-order valence-corrected chi connectivity index (χ0v) is 13.7. The second-order valence-electron chi connectivity index (χ2n) is 5.85. The van der Waals surface area contributed by atoms with Gasteiger partial charge in [0.1, 0.15) is 6.04 Å². The van der Waals surface area contributed by atoms with Crippen LogP contribution in [0.1, 0.15) is 19.4 Å². The van der Waals surface area contributed by atoms with E-state index in [0.29, 0.717) is 6.54 Å². The second kappa shape index (κ2) is 6.83. The van der Waals surface area contributed by atoms with E-state index in [9.17, 15) is 4.79 Å². The molecule has 0 saturated heterocycles. The highest BCUT2D eigenvalue weighted by atomic mass is 16.2. The summed E-state index contributed by atoms with van der Waals surface area (Å²) in [5.41, 5.74) is 3.54. The van der Waals surface area contributed by atoms with E-state index in [2.05, 4.69) is 47.4 Å². The lowest BCUT2D eigenvalue weighted by Crippen LogP contribution is -2.48. The quantitative estimate of drug-likeness (QED) is 0.754. The summed E-state index contributed by atoms with van der Waals surface area (Å²) in [6.07, 6.45) is 2.92. The lowest BCUT2D eigenvalue weighted by Gasteiger charge is -2.32. The molecule has 0 fully saturated rings. The van der Waals surface area contributed by atoms with Gasteiger partial charge in [0.25, 0.3) is 0 Å². The summed E-state index contributed by atoms with van der Waals surface area (Å²) >= 11 is 0. The molecule has 0 spiro atoms. The molecule has 1 aromatic carbocycles. The molecule has 1 atom stereocenters. The molecule has 1 unspecified atom stereocenters. The maximum atomic E-state index is 12.4. The minimum Gasteiger partial charge on any atom is -0.400 e. The van der Waals surface area contributed by atoms with Gasteiger partial charge in [-0.3, -0.25) is 4.79 Å². The monoisotopic (exact) mass is 303 g/mol. The molecule has 5 heteroatoms. The number of H-pyrrole nitrogens is 1. The summed E-state index contributed by atoms with van der Waals surface area (Å²) in [6.45, 7) is 4.88. The van der Waals surface area contributed by atoms with Crippen molar-refractivity contribution in [1.82, 2.24) is 10.3 Å². The third-order valence-electron chi connectivity index (χ3n) is 4.16. The second-order valence-corrected chi connectivity index (χ2v) is 5.85. The van der Waals surface area contributed by atoms with Crippen molar-refractivity contribution in [2.75, 3.05) is 25.6 Å². The van der Waals surface area contributed by atoms with Crippen LogP contribution in [0, 0.1) is 5.92 Å². The predicted octanol–water partition coefficient (Wildman–Crippen LogP) is 1.91. The number of aliphatic hydroxyl groups excluding tert-OH is 1. The largest absolute Gasteiger partial charge is 0.400 e. The number of rotatable bonds is 1. The van der Waals surface area contributed by atoms with Crippen LogP contribution in [0.15, 0.2) is 24.4 Å². The Morgan fingerprint density at radius 2 is 2.05 bits per heavy atom. The number of benzene rings is 1. The average molecular weight is 303 g/mol. The number of likely N-dealkylation sites (N-methyl/N-ethyl adjacent to an activating group) is 1. The van der Waals surface area contributed by atoms with Gasteiger partial charge in [0.15, 0.2) is 0 Å². The highest BCUT2D eigenvalue weighted by Gasteiger charge is 2.29. The Balaban J connectivity index is 0.000000847. The number of nitrogens with zero attached hydrogens (tertiary/aromatic N) is 1. The molecule has 1 amide bonds. The predicted molar refractivity (Wildman–Crippen MR) is 90.2 cm³/mol. The van der Waals surface area contributed by atoms with E-state index in [1.807, 2.05) is 13.1 Å². The van der Waals surface area contributed by atoms with Crippen LogP contribution in [0.2, 0.25) is 0 Å². The first-order valence-corrected chi connectivity index (χ1v) is 7.64. The van der Waals surface area contributed by atoms with E-state index in [4.69, 9.17) is 5.11 Å². The van der Waals surface area contributed by atoms with Gasteiger partial charge in [-0.2, -0.15) is 0 Å². The molecule has 0 bridgehead atoms. The van der Waals surface area contributed by atoms with Crippen LogP contribution in [0.3, 0.4) is 0 Å². The third-order valence-corrected chi connectivity index (χ3v) is 4.16. The first-order valence-electron chi connectivity index (χ1n) is 7.64. The van der Waals surface area contributed by atoms with Crippen molar-refractivity contribution in [1.29, 1.82) is 0 Å². The minimum atomic E-state index is -0.138. The summed E-state index contributed by atoms with van der Waals surface area (Å²) in [5, 5.41) is 11.3. The molecule has 1 aliphatic heterocycles. The SMILES string of the molecule is CC(C)C1C(=O)NCCc2c[nH]c3cccc(c23)N1C.CO. The number of aromatic amines is 1. The summed E-state index contributed by atoms with van der Waals surface area (Å²) in [4.78, 5) is 17.9. The Morgan fingerprint density at radius 3 is 2.73 bits per heavy atom. The molecule has 5 nitrogen and oxygen atoms in total. The van der Waals surface area contributed by atoms with Crippen molar-refractivity contribution < 1.29 is 9.90 Å². The summed E-state index contributed by atoms with van der Waals surface area (Å²) < 4.78 is 0. The number of aliphatic hydroxyl groups is 1. The molecule has 0 radical (unpaired) electrons.